The zero-order valence-corrected chi connectivity index (χ0v) is 20.7. The summed E-state index contributed by atoms with van der Waals surface area (Å²) in [7, 11) is 0. The van der Waals surface area contributed by atoms with Crippen LogP contribution in [0.4, 0.5) is 0 Å². The van der Waals surface area contributed by atoms with E-state index in [0.717, 1.165) is 22.4 Å². The van der Waals surface area contributed by atoms with Crippen molar-refractivity contribution in [3.05, 3.63) is 104 Å². The van der Waals surface area contributed by atoms with Gasteiger partial charge in [-0.25, -0.2) is 0 Å². The summed E-state index contributed by atoms with van der Waals surface area (Å²) in [4.78, 5) is 15.2. The van der Waals surface area contributed by atoms with Gasteiger partial charge in [-0.15, -0.1) is 0 Å². The Hall–Kier alpha value is -2.16. The van der Waals surface area contributed by atoms with Gasteiger partial charge in [-0.1, -0.05) is 78.1 Å². The van der Waals surface area contributed by atoms with E-state index in [4.69, 9.17) is 17.0 Å². The maximum absolute atomic E-state index is 12.9. The first-order valence-corrected chi connectivity index (χ1v) is 12.1. The first-order chi connectivity index (χ1) is 15.0. The lowest BCUT2D eigenvalue weighted by Crippen LogP contribution is -2.27. The number of ether oxygens (including phenoxy) is 1. The van der Waals surface area contributed by atoms with Crippen LogP contribution in [0.2, 0.25) is 0 Å². The Labute approximate surface area is 205 Å². The first-order valence-electron chi connectivity index (χ1n) is 9.76. The lowest BCUT2D eigenvalue weighted by Gasteiger charge is -2.14. The minimum Gasteiger partial charge on any atom is -0.489 e. The van der Waals surface area contributed by atoms with Crippen molar-refractivity contribution < 1.29 is 9.53 Å². The van der Waals surface area contributed by atoms with E-state index >= 15 is 0 Å². The molecule has 156 valence electrons. The average molecular weight is 557 g/mol. The fraction of sp³-hybridized carbons (Fsp3) is 0.120. The Kier molecular flexibility index (Phi) is 7.09. The molecule has 6 heteroatoms. The van der Waals surface area contributed by atoms with E-state index in [1.54, 1.807) is 4.90 Å². The molecule has 3 aromatic carbocycles. The number of thiocarbonyl (C=S) groups is 1. The van der Waals surface area contributed by atoms with Gasteiger partial charge >= 0.3 is 0 Å². The van der Waals surface area contributed by atoms with Gasteiger partial charge in [0.25, 0.3) is 5.91 Å². The lowest BCUT2D eigenvalue weighted by atomic mass is 10.1. The molecule has 1 fully saturated rings. The van der Waals surface area contributed by atoms with Crippen LogP contribution in [-0.4, -0.2) is 15.1 Å². The highest BCUT2D eigenvalue weighted by molar-refractivity contribution is 14.1. The van der Waals surface area contributed by atoms with E-state index in [2.05, 4.69) is 46.9 Å². The fourth-order valence-electron chi connectivity index (χ4n) is 3.07. The molecule has 31 heavy (non-hydrogen) atoms. The Morgan fingerprint density at radius 2 is 1.61 bits per heavy atom. The molecule has 0 radical (unpaired) electrons. The number of thioether (sulfide) groups is 1. The van der Waals surface area contributed by atoms with Gasteiger partial charge in [0, 0.05) is 3.57 Å². The second-order valence-corrected chi connectivity index (χ2v) is 10.2. The molecule has 1 heterocycles. The van der Waals surface area contributed by atoms with Gasteiger partial charge in [-0.2, -0.15) is 0 Å². The highest BCUT2D eigenvalue weighted by atomic mass is 127. The number of aryl methyl sites for hydroxylation is 1. The Morgan fingerprint density at radius 1 is 0.968 bits per heavy atom. The summed E-state index contributed by atoms with van der Waals surface area (Å²) in [6.07, 6.45) is 1.89. The van der Waals surface area contributed by atoms with Gasteiger partial charge in [0.1, 0.15) is 16.7 Å². The SMILES string of the molecule is Cc1ccc(CN2C(=O)C(=Cc3ccc(OCc4ccc(I)cc4)cc3)SC2=S)cc1. The number of rotatable bonds is 6. The molecule has 0 aliphatic carbocycles. The molecule has 0 saturated carbocycles. The van der Waals surface area contributed by atoms with Crippen LogP contribution in [0, 0.1) is 10.5 Å². The van der Waals surface area contributed by atoms with Crippen molar-refractivity contribution in [3.8, 4) is 5.75 Å². The van der Waals surface area contributed by atoms with Gasteiger partial charge < -0.3 is 4.74 Å². The van der Waals surface area contributed by atoms with Crippen LogP contribution in [0.1, 0.15) is 22.3 Å². The Balaban J connectivity index is 1.39. The van der Waals surface area contributed by atoms with Gasteiger partial charge in [-0.05, 0) is 76.5 Å². The van der Waals surface area contributed by atoms with Crippen LogP contribution < -0.4 is 4.74 Å². The molecule has 4 rings (SSSR count). The van der Waals surface area contributed by atoms with Crippen LogP contribution in [-0.2, 0) is 17.9 Å². The predicted octanol–water partition coefficient (Wildman–Crippen LogP) is 6.58. The second-order valence-electron chi connectivity index (χ2n) is 7.24. The molecule has 0 bridgehead atoms. The third kappa shape index (κ3) is 5.75. The van der Waals surface area contributed by atoms with Crippen molar-refractivity contribution in [1.82, 2.24) is 4.90 Å². The van der Waals surface area contributed by atoms with E-state index in [0.29, 0.717) is 22.4 Å². The number of carbonyl (C=O) groups is 1. The number of carbonyl (C=O) groups excluding carboxylic acids is 1. The molecule has 3 aromatic rings. The number of nitrogens with zero attached hydrogens (tertiary/aromatic N) is 1. The van der Waals surface area contributed by atoms with Gasteiger partial charge in [0.2, 0.25) is 0 Å². The fourth-order valence-corrected chi connectivity index (χ4v) is 4.69. The molecule has 0 unspecified atom stereocenters. The summed E-state index contributed by atoms with van der Waals surface area (Å²) < 4.78 is 7.66. The van der Waals surface area contributed by atoms with Gasteiger partial charge in [0.05, 0.1) is 11.4 Å². The van der Waals surface area contributed by atoms with Gasteiger partial charge in [-0.3, -0.25) is 9.69 Å². The summed E-state index contributed by atoms with van der Waals surface area (Å²) >= 11 is 9.09. The number of amides is 1. The number of hydrogen-bond acceptors (Lipinski definition) is 4. The summed E-state index contributed by atoms with van der Waals surface area (Å²) in [6.45, 7) is 3.06. The zero-order chi connectivity index (χ0) is 21.8. The number of benzene rings is 3. The zero-order valence-electron chi connectivity index (χ0n) is 16.9. The quantitative estimate of drug-likeness (QED) is 0.195. The molecular formula is C25H20INO2S2. The molecule has 0 N–H and O–H groups in total. The van der Waals surface area contributed by atoms with Crippen molar-refractivity contribution >= 4 is 62.9 Å². The Morgan fingerprint density at radius 3 is 2.29 bits per heavy atom. The highest BCUT2D eigenvalue weighted by Gasteiger charge is 2.31. The van der Waals surface area contributed by atoms with Crippen molar-refractivity contribution in [2.75, 3.05) is 0 Å². The van der Waals surface area contributed by atoms with E-state index in [1.807, 2.05) is 61.5 Å². The smallest absolute Gasteiger partial charge is 0.266 e. The van der Waals surface area contributed by atoms with Crippen LogP contribution in [0.5, 0.6) is 5.75 Å². The summed E-state index contributed by atoms with van der Waals surface area (Å²) in [5, 5.41) is 0. The van der Waals surface area contributed by atoms with Crippen LogP contribution in [0.25, 0.3) is 6.08 Å². The highest BCUT2D eigenvalue weighted by Crippen LogP contribution is 2.33. The van der Waals surface area contributed by atoms with Crippen molar-refractivity contribution in [1.29, 1.82) is 0 Å². The largest absolute Gasteiger partial charge is 0.489 e. The second kappa shape index (κ2) is 9.97. The van der Waals surface area contributed by atoms with E-state index in [-0.39, 0.29) is 5.91 Å². The molecule has 1 saturated heterocycles. The standard InChI is InChI=1S/C25H20INO2S2/c1-17-2-4-19(5-3-17)15-27-24(28)23(31-25(27)30)14-18-8-12-22(13-9-18)29-16-20-6-10-21(26)11-7-20/h2-14H,15-16H2,1H3. The maximum atomic E-state index is 12.9. The first kappa shape index (κ1) is 22.0. The summed E-state index contributed by atoms with van der Waals surface area (Å²) in [6, 6.07) is 24.2. The molecule has 3 nitrogen and oxygen atoms in total. The monoisotopic (exact) mass is 557 g/mol. The van der Waals surface area contributed by atoms with Crippen molar-refractivity contribution in [2.24, 2.45) is 0 Å². The molecule has 1 amide bonds. The number of hydrogen-bond donors (Lipinski definition) is 0. The van der Waals surface area contributed by atoms with Gasteiger partial charge in [0.15, 0.2) is 0 Å². The van der Waals surface area contributed by atoms with Crippen LogP contribution >= 0.6 is 46.6 Å². The normalized spacial score (nSPS) is 15.0. The van der Waals surface area contributed by atoms with E-state index < -0.39 is 0 Å². The third-order valence-corrected chi connectivity index (χ3v) is 6.93. The maximum Gasteiger partial charge on any atom is 0.266 e. The molecule has 0 atom stereocenters. The average Bonchev–Trinajstić information content (AvgIpc) is 3.03. The molecular weight excluding hydrogens is 537 g/mol. The van der Waals surface area contributed by atoms with Crippen molar-refractivity contribution in [3.63, 3.8) is 0 Å². The lowest BCUT2D eigenvalue weighted by molar-refractivity contribution is -0.122. The van der Waals surface area contributed by atoms with Crippen LogP contribution in [0.15, 0.2) is 77.7 Å². The molecule has 1 aliphatic heterocycles. The number of halogens is 1. The summed E-state index contributed by atoms with van der Waals surface area (Å²) in [5.41, 5.74) is 4.33. The topological polar surface area (TPSA) is 29.5 Å². The van der Waals surface area contributed by atoms with Crippen LogP contribution in [0.3, 0.4) is 0 Å². The van der Waals surface area contributed by atoms with Crippen molar-refractivity contribution in [2.45, 2.75) is 20.1 Å². The minimum absolute atomic E-state index is 0.0467. The Bertz CT molecular complexity index is 1120. The third-order valence-electron chi connectivity index (χ3n) is 4.83. The summed E-state index contributed by atoms with van der Waals surface area (Å²) in [5.74, 6) is 0.747. The van der Waals surface area contributed by atoms with E-state index in [1.165, 1.54) is 20.9 Å². The molecule has 1 aliphatic rings. The molecule has 0 spiro atoms. The van der Waals surface area contributed by atoms with E-state index in [9.17, 15) is 4.79 Å². The predicted molar refractivity (Wildman–Crippen MR) is 140 cm³/mol. The molecule has 0 aromatic heterocycles. The minimum atomic E-state index is -0.0467.